The van der Waals surface area contributed by atoms with Crippen LogP contribution in [0.1, 0.15) is 46.6 Å². The van der Waals surface area contributed by atoms with Gasteiger partial charge in [0, 0.05) is 19.6 Å². The summed E-state index contributed by atoms with van der Waals surface area (Å²) in [5, 5.41) is 19.2. The number of aliphatic hydroxyl groups excluding tert-OH is 1. The fourth-order valence-electron chi connectivity index (χ4n) is 2.01. The molecule has 21 heavy (non-hydrogen) atoms. The molecule has 0 aliphatic rings. The van der Waals surface area contributed by atoms with E-state index in [2.05, 4.69) is 0 Å². The lowest BCUT2D eigenvalue weighted by molar-refractivity contribution is -0.123. The molecule has 1 aromatic rings. The molecule has 0 aliphatic heterocycles. The van der Waals surface area contributed by atoms with Crippen molar-refractivity contribution in [2.45, 2.75) is 59.0 Å². The number of hydrogen-bond acceptors (Lipinski definition) is 4. The summed E-state index contributed by atoms with van der Waals surface area (Å²) >= 11 is 0. The summed E-state index contributed by atoms with van der Waals surface area (Å²) in [5.41, 5.74) is -0.0917. The van der Waals surface area contributed by atoms with Crippen LogP contribution < -0.4 is 0 Å². The number of ether oxygens (including phenoxy) is 2. The zero-order chi connectivity index (χ0) is 16.3. The van der Waals surface area contributed by atoms with Gasteiger partial charge in [0.1, 0.15) is 0 Å². The SMILES string of the molecule is CC(O)CC(C)(O)c1ccccc1.CCOC(C)OCC. The Balaban J connectivity index is 0.000000433. The molecule has 2 N–H and O–H groups in total. The van der Waals surface area contributed by atoms with E-state index in [0.717, 1.165) is 18.8 Å². The van der Waals surface area contributed by atoms with E-state index < -0.39 is 11.7 Å². The van der Waals surface area contributed by atoms with Gasteiger partial charge in [-0.3, -0.25) is 0 Å². The summed E-state index contributed by atoms with van der Waals surface area (Å²) in [6, 6.07) is 9.39. The Bertz CT molecular complexity index is 343. The zero-order valence-electron chi connectivity index (χ0n) is 13.9. The third kappa shape index (κ3) is 9.58. The second-order valence-corrected chi connectivity index (χ2v) is 5.17. The van der Waals surface area contributed by atoms with Gasteiger partial charge < -0.3 is 19.7 Å². The van der Waals surface area contributed by atoms with Gasteiger partial charge in [0.15, 0.2) is 6.29 Å². The number of benzene rings is 1. The second-order valence-electron chi connectivity index (χ2n) is 5.17. The summed E-state index contributed by atoms with van der Waals surface area (Å²) in [5.74, 6) is 0. The third-order valence-electron chi connectivity index (χ3n) is 2.89. The molecule has 4 heteroatoms. The number of rotatable bonds is 7. The lowest BCUT2D eigenvalue weighted by Gasteiger charge is -2.25. The van der Waals surface area contributed by atoms with E-state index in [-0.39, 0.29) is 6.29 Å². The molecule has 0 heterocycles. The van der Waals surface area contributed by atoms with Crippen molar-refractivity contribution in [3.05, 3.63) is 35.9 Å². The Morgan fingerprint density at radius 1 is 1.05 bits per heavy atom. The largest absolute Gasteiger partial charge is 0.393 e. The van der Waals surface area contributed by atoms with E-state index in [4.69, 9.17) is 9.47 Å². The van der Waals surface area contributed by atoms with Crippen molar-refractivity contribution < 1.29 is 19.7 Å². The summed E-state index contributed by atoms with van der Waals surface area (Å²) in [4.78, 5) is 0. The maximum absolute atomic E-state index is 10.00. The predicted octanol–water partition coefficient (Wildman–Crippen LogP) is 3.07. The molecule has 0 amide bonds. The molecule has 0 bridgehead atoms. The van der Waals surface area contributed by atoms with Gasteiger partial charge in [0.05, 0.1) is 11.7 Å². The smallest absolute Gasteiger partial charge is 0.154 e. The van der Waals surface area contributed by atoms with E-state index in [0.29, 0.717) is 6.42 Å². The van der Waals surface area contributed by atoms with E-state index in [9.17, 15) is 10.2 Å². The molecule has 0 aromatic heterocycles. The van der Waals surface area contributed by atoms with Gasteiger partial charge >= 0.3 is 0 Å². The molecule has 1 aromatic carbocycles. The van der Waals surface area contributed by atoms with Gasteiger partial charge in [0.2, 0.25) is 0 Å². The standard InChI is InChI=1S/C11H16O2.C6H14O2/c1-9(12)8-11(2,13)10-6-4-3-5-7-10;1-4-7-6(3)8-5-2/h3-7,9,12-13H,8H2,1-2H3;6H,4-5H2,1-3H3. The van der Waals surface area contributed by atoms with Crippen LogP contribution in [0, 0.1) is 0 Å². The zero-order valence-corrected chi connectivity index (χ0v) is 13.9. The van der Waals surface area contributed by atoms with Crippen molar-refractivity contribution in [2.75, 3.05) is 13.2 Å². The molecule has 0 saturated carbocycles. The second kappa shape index (κ2) is 10.7. The first kappa shape index (κ1) is 20.1. The predicted molar refractivity (Wildman–Crippen MR) is 85.0 cm³/mol. The summed E-state index contributed by atoms with van der Waals surface area (Å²) in [6.45, 7) is 10.6. The van der Waals surface area contributed by atoms with Gasteiger partial charge in [-0.2, -0.15) is 0 Å². The van der Waals surface area contributed by atoms with E-state index in [1.807, 2.05) is 51.1 Å². The molecule has 122 valence electrons. The highest BCUT2D eigenvalue weighted by Gasteiger charge is 2.24. The minimum Gasteiger partial charge on any atom is -0.393 e. The van der Waals surface area contributed by atoms with Crippen LogP contribution in [-0.2, 0) is 15.1 Å². The monoisotopic (exact) mass is 298 g/mol. The molecule has 0 radical (unpaired) electrons. The van der Waals surface area contributed by atoms with E-state index in [1.165, 1.54) is 0 Å². The molecule has 2 unspecified atom stereocenters. The van der Waals surface area contributed by atoms with Crippen molar-refractivity contribution in [1.29, 1.82) is 0 Å². The topological polar surface area (TPSA) is 58.9 Å². The summed E-state index contributed by atoms with van der Waals surface area (Å²) in [6.07, 6.45) is -0.169. The van der Waals surface area contributed by atoms with Crippen LogP contribution in [0.2, 0.25) is 0 Å². The molecule has 0 aliphatic carbocycles. The third-order valence-corrected chi connectivity index (χ3v) is 2.89. The Kier molecular flexibility index (Phi) is 10.3. The molecule has 1 rings (SSSR count). The van der Waals surface area contributed by atoms with E-state index >= 15 is 0 Å². The maximum atomic E-state index is 10.00. The fraction of sp³-hybridized carbons (Fsp3) is 0.647. The minimum atomic E-state index is -0.935. The van der Waals surface area contributed by atoms with Crippen molar-refractivity contribution in [3.63, 3.8) is 0 Å². The highest BCUT2D eigenvalue weighted by Crippen LogP contribution is 2.25. The van der Waals surface area contributed by atoms with E-state index in [1.54, 1.807) is 13.8 Å². The van der Waals surface area contributed by atoms with Crippen LogP contribution in [-0.4, -0.2) is 35.8 Å². The van der Waals surface area contributed by atoms with Crippen LogP contribution >= 0.6 is 0 Å². The normalized spacial score (nSPS) is 15.0. The van der Waals surface area contributed by atoms with Crippen LogP contribution in [0.15, 0.2) is 30.3 Å². The van der Waals surface area contributed by atoms with Gasteiger partial charge in [-0.15, -0.1) is 0 Å². The van der Waals surface area contributed by atoms with Crippen LogP contribution in [0.5, 0.6) is 0 Å². The summed E-state index contributed by atoms with van der Waals surface area (Å²) < 4.78 is 10.1. The first-order valence-electron chi connectivity index (χ1n) is 7.52. The summed E-state index contributed by atoms with van der Waals surface area (Å²) in [7, 11) is 0. The lowest BCUT2D eigenvalue weighted by Crippen LogP contribution is -2.25. The van der Waals surface area contributed by atoms with Crippen LogP contribution in [0.25, 0.3) is 0 Å². The average molecular weight is 298 g/mol. The van der Waals surface area contributed by atoms with Crippen LogP contribution in [0.4, 0.5) is 0 Å². The lowest BCUT2D eigenvalue weighted by atomic mass is 9.90. The molecule has 2 atom stereocenters. The molecular formula is C17H30O4. The Morgan fingerprint density at radius 2 is 1.52 bits per heavy atom. The van der Waals surface area contributed by atoms with Gasteiger partial charge in [-0.05, 0) is 40.2 Å². The minimum absolute atomic E-state index is 0.0370. The van der Waals surface area contributed by atoms with Crippen molar-refractivity contribution in [2.24, 2.45) is 0 Å². The van der Waals surface area contributed by atoms with Gasteiger partial charge in [-0.25, -0.2) is 0 Å². The molecular weight excluding hydrogens is 268 g/mol. The maximum Gasteiger partial charge on any atom is 0.154 e. The Hall–Kier alpha value is -0.940. The quantitative estimate of drug-likeness (QED) is 0.760. The average Bonchev–Trinajstić information content (AvgIpc) is 2.40. The number of aliphatic hydroxyl groups is 2. The van der Waals surface area contributed by atoms with Crippen molar-refractivity contribution >= 4 is 0 Å². The molecule has 4 nitrogen and oxygen atoms in total. The first-order valence-corrected chi connectivity index (χ1v) is 7.52. The van der Waals surface area contributed by atoms with Crippen molar-refractivity contribution in [3.8, 4) is 0 Å². The first-order chi connectivity index (χ1) is 9.83. The van der Waals surface area contributed by atoms with Crippen molar-refractivity contribution in [1.82, 2.24) is 0 Å². The molecule has 0 spiro atoms. The highest BCUT2D eigenvalue weighted by atomic mass is 16.7. The number of hydrogen-bond donors (Lipinski definition) is 2. The van der Waals surface area contributed by atoms with Gasteiger partial charge in [-0.1, -0.05) is 30.3 Å². The Morgan fingerprint density at radius 3 is 1.90 bits per heavy atom. The van der Waals surface area contributed by atoms with Crippen LogP contribution in [0.3, 0.4) is 0 Å². The fourth-order valence-corrected chi connectivity index (χ4v) is 2.01. The van der Waals surface area contributed by atoms with Gasteiger partial charge in [0.25, 0.3) is 0 Å². The highest BCUT2D eigenvalue weighted by molar-refractivity contribution is 5.21. The Labute approximate surface area is 128 Å². The molecule has 0 saturated heterocycles. The molecule has 0 fully saturated rings.